The van der Waals surface area contributed by atoms with Crippen LogP contribution < -0.4 is 4.74 Å². The van der Waals surface area contributed by atoms with Crippen LogP contribution in [0.25, 0.3) is 6.08 Å². The fourth-order valence-electron chi connectivity index (χ4n) is 4.47. The van der Waals surface area contributed by atoms with Crippen LogP contribution in [0.4, 0.5) is 4.39 Å². The number of hydrogen-bond acceptors (Lipinski definition) is 3. The maximum Gasteiger partial charge on any atom is 0.177 e. The molecule has 4 heteroatoms. The Balaban J connectivity index is 1.66. The first-order valence-corrected chi connectivity index (χ1v) is 9.59. The number of aliphatic hydroxyl groups excluding tert-OH is 1. The smallest absolute Gasteiger partial charge is 0.177 e. The van der Waals surface area contributed by atoms with E-state index in [4.69, 9.17) is 9.47 Å². The number of ether oxygens (including phenoxy) is 2. The second kappa shape index (κ2) is 7.19. The van der Waals surface area contributed by atoms with Crippen LogP contribution in [-0.4, -0.2) is 11.4 Å². The minimum Gasteiger partial charge on any atom is -0.489 e. The third kappa shape index (κ3) is 3.17. The van der Waals surface area contributed by atoms with Crippen molar-refractivity contribution in [3.05, 3.63) is 82.2 Å². The summed E-state index contributed by atoms with van der Waals surface area (Å²) < 4.78 is 25.7. The normalized spacial score (nSPS) is 23.3. The van der Waals surface area contributed by atoms with Gasteiger partial charge in [0.15, 0.2) is 6.29 Å². The molecule has 1 saturated heterocycles. The average Bonchev–Trinajstić information content (AvgIpc) is 2.96. The molecule has 1 N–H and O–H groups in total. The highest BCUT2D eigenvalue weighted by Gasteiger charge is 2.43. The van der Waals surface area contributed by atoms with Gasteiger partial charge in [-0.05, 0) is 89.9 Å². The number of aliphatic hydroxyl groups is 1. The maximum atomic E-state index is 13.8. The molecular weight excluding hydrogens is 355 g/mol. The minimum atomic E-state index is -0.908. The second-order valence-electron chi connectivity index (χ2n) is 7.72. The van der Waals surface area contributed by atoms with Crippen molar-refractivity contribution in [3.8, 4) is 5.75 Å². The van der Waals surface area contributed by atoms with Crippen molar-refractivity contribution in [2.45, 2.75) is 45.7 Å². The van der Waals surface area contributed by atoms with Crippen LogP contribution in [0.2, 0.25) is 0 Å². The summed E-state index contributed by atoms with van der Waals surface area (Å²) >= 11 is 0. The van der Waals surface area contributed by atoms with E-state index >= 15 is 0 Å². The number of rotatable bonds is 4. The standard InChI is InChI=1S/C24H25FO3/c1-5-16-9-17(11-18(25)10-16)12-27-21-8-13(2)19-6-7-20-14(3)24(26)28-23(20)22(19)15(21)4/h5,8-11,20,23-24,26H,1,3,6-7,12H2,2,4H3/t20-,23+,24?/m0/s1. The van der Waals surface area contributed by atoms with E-state index in [2.05, 4.69) is 20.1 Å². The van der Waals surface area contributed by atoms with Gasteiger partial charge in [-0.15, -0.1) is 0 Å². The first kappa shape index (κ1) is 18.9. The maximum absolute atomic E-state index is 13.8. The molecule has 4 rings (SSSR count). The molecule has 1 aliphatic carbocycles. The van der Waals surface area contributed by atoms with Crippen LogP contribution in [0.1, 0.15) is 45.9 Å². The zero-order chi connectivity index (χ0) is 20.0. The van der Waals surface area contributed by atoms with E-state index in [9.17, 15) is 9.50 Å². The highest BCUT2D eigenvalue weighted by atomic mass is 19.1. The summed E-state index contributed by atoms with van der Waals surface area (Å²) in [5.41, 5.74) is 6.78. The second-order valence-corrected chi connectivity index (χ2v) is 7.72. The number of aryl methyl sites for hydroxylation is 1. The minimum absolute atomic E-state index is 0.134. The van der Waals surface area contributed by atoms with Crippen molar-refractivity contribution < 1.29 is 19.0 Å². The van der Waals surface area contributed by atoms with Crippen molar-refractivity contribution in [1.82, 2.24) is 0 Å². The van der Waals surface area contributed by atoms with Gasteiger partial charge in [-0.1, -0.05) is 19.2 Å². The highest BCUT2D eigenvalue weighted by Crippen LogP contribution is 2.50. The molecule has 2 aliphatic rings. The summed E-state index contributed by atoms with van der Waals surface area (Å²) in [6, 6.07) is 6.83. The van der Waals surface area contributed by atoms with E-state index in [1.54, 1.807) is 6.08 Å². The Labute approximate surface area is 165 Å². The van der Waals surface area contributed by atoms with Gasteiger partial charge in [0, 0.05) is 5.92 Å². The van der Waals surface area contributed by atoms with Gasteiger partial charge in [0.1, 0.15) is 18.2 Å². The van der Waals surface area contributed by atoms with Gasteiger partial charge in [0.05, 0.1) is 6.10 Å². The zero-order valence-corrected chi connectivity index (χ0v) is 16.3. The SMILES string of the molecule is C=Cc1cc(F)cc(COc2cc(C)c3c(c2C)[C@@H]2OC(O)C(=C)[C@@H]2CC3)c1. The lowest BCUT2D eigenvalue weighted by Crippen LogP contribution is -2.20. The van der Waals surface area contributed by atoms with Crippen molar-refractivity contribution >= 4 is 6.08 Å². The zero-order valence-electron chi connectivity index (χ0n) is 16.3. The molecule has 0 aromatic heterocycles. The van der Waals surface area contributed by atoms with Crippen LogP contribution >= 0.6 is 0 Å². The van der Waals surface area contributed by atoms with Gasteiger partial charge in [0.2, 0.25) is 0 Å². The number of fused-ring (bicyclic) bond motifs is 3. The molecule has 1 fully saturated rings. The van der Waals surface area contributed by atoms with Crippen molar-refractivity contribution in [2.24, 2.45) is 5.92 Å². The largest absolute Gasteiger partial charge is 0.489 e. The van der Waals surface area contributed by atoms with E-state index < -0.39 is 6.29 Å². The molecule has 0 amide bonds. The molecule has 1 heterocycles. The summed E-state index contributed by atoms with van der Waals surface area (Å²) in [7, 11) is 0. The summed E-state index contributed by atoms with van der Waals surface area (Å²) in [5.74, 6) is 0.593. The molecule has 1 unspecified atom stereocenters. The molecule has 0 spiro atoms. The van der Waals surface area contributed by atoms with E-state index in [0.717, 1.165) is 52.0 Å². The highest BCUT2D eigenvalue weighted by molar-refractivity contribution is 5.53. The number of halogens is 1. The van der Waals surface area contributed by atoms with Crippen LogP contribution in [-0.2, 0) is 17.8 Å². The Morgan fingerprint density at radius 2 is 2.07 bits per heavy atom. The molecular formula is C24H25FO3. The van der Waals surface area contributed by atoms with Gasteiger partial charge >= 0.3 is 0 Å². The summed E-state index contributed by atoms with van der Waals surface area (Å²) in [4.78, 5) is 0. The van der Waals surface area contributed by atoms with Crippen molar-refractivity contribution in [1.29, 1.82) is 0 Å². The van der Waals surface area contributed by atoms with Crippen molar-refractivity contribution in [2.75, 3.05) is 0 Å². The van der Waals surface area contributed by atoms with E-state index in [0.29, 0.717) is 0 Å². The number of benzene rings is 2. The fraction of sp³-hybridized carbons (Fsp3) is 0.333. The summed E-state index contributed by atoms with van der Waals surface area (Å²) in [6.07, 6.45) is 2.40. The molecule has 2 aromatic carbocycles. The Hall–Kier alpha value is -2.43. The van der Waals surface area contributed by atoms with Gasteiger partial charge in [-0.25, -0.2) is 4.39 Å². The average molecular weight is 380 g/mol. The molecule has 28 heavy (non-hydrogen) atoms. The molecule has 3 atom stereocenters. The molecule has 2 aromatic rings. The van der Waals surface area contributed by atoms with Gasteiger partial charge in [-0.3, -0.25) is 0 Å². The Kier molecular flexibility index (Phi) is 4.86. The first-order valence-electron chi connectivity index (χ1n) is 9.59. The Bertz CT molecular complexity index is 963. The summed E-state index contributed by atoms with van der Waals surface area (Å²) in [5, 5.41) is 10.1. The quantitative estimate of drug-likeness (QED) is 0.744. The Morgan fingerprint density at radius 3 is 2.82 bits per heavy atom. The fourth-order valence-corrected chi connectivity index (χ4v) is 4.47. The van der Waals surface area contributed by atoms with Gasteiger partial charge in [0.25, 0.3) is 0 Å². The van der Waals surface area contributed by atoms with Crippen LogP contribution in [0, 0.1) is 25.6 Å². The van der Waals surface area contributed by atoms with Gasteiger partial charge < -0.3 is 14.6 Å². The van der Waals surface area contributed by atoms with Crippen LogP contribution in [0.15, 0.2) is 43.0 Å². The lowest BCUT2D eigenvalue weighted by molar-refractivity contribution is -0.0834. The van der Waals surface area contributed by atoms with Crippen LogP contribution in [0.5, 0.6) is 5.75 Å². The molecule has 3 nitrogen and oxygen atoms in total. The lowest BCUT2D eigenvalue weighted by Gasteiger charge is -2.31. The monoisotopic (exact) mass is 380 g/mol. The molecule has 0 saturated carbocycles. The summed E-state index contributed by atoms with van der Waals surface area (Å²) in [6.45, 7) is 12.1. The van der Waals surface area contributed by atoms with Crippen LogP contribution in [0.3, 0.4) is 0 Å². The number of hydrogen-bond donors (Lipinski definition) is 1. The van der Waals surface area contributed by atoms with E-state index in [1.807, 2.05) is 19.1 Å². The molecule has 146 valence electrons. The van der Waals surface area contributed by atoms with Crippen molar-refractivity contribution in [3.63, 3.8) is 0 Å². The third-order valence-electron chi connectivity index (χ3n) is 5.96. The molecule has 1 aliphatic heterocycles. The van der Waals surface area contributed by atoms with E-state index in [-0.39, 0.29) is 24.4 Å². The topological polar surface area (TPSA) is 38.7 Å². The molecule has 0 bridgehead atoms. The van der Waals surface area contributed by atoms with E-state index in [1.165, 1.54) is 17.7 Å². The molecule has 0 radical (unpaired) electrons. The third-order valence-corrected chi connectivity index (χ3v) is 5.96. The first-order chi connectivity index (χ1) is 13.4. The lowest BCUT2D eigenvalue weighted by atomic mass is 9.76. The predicted molar refractivity (Wildman–Crippen MR) is 108 cm³/mol. The Morgan fingerprint density at radius 1 is 1.29 bits per heavy atom. The van der Waals surface area contributed by atoms with Gasteiger partial charge in [-0.2, -0.15) is 0 Å². The predicted octanol–water partition coefficient (Wildman–Crippen LogP) is 5.17.